The zero-order valence-electron chi connectivity index (χ0n) is 11.6. The molecule has 5 nitrogen and oxygen atoms in total. The van der Waals surface area contributed by atoms with E-state index in [9.17, 15) is 0 Å². The van der Waals surface area contributed by atoms with Crippen LogP contribution in [0.5, 0.6) is 0 Å². The number of benzene rings is 1. The van der Waals surface area contributed by atoms with Crippen molar-refractivity contribution in [3.63, 3.8) is 0 Å². The molecule has 0 aliphatic heterocycles. The van der Waals surface area contributed by atoms with Gasteiger partial charge in [0.05, 0.1) is 7.05 Å². The monoisotopic (exact) mass is 353 g/mol. The molecule has 1 aromatic rings. The van der Waals surface area contributed by atoms with Gasteiger partial charge in [-0.15, -0.1) is 6.42 Å². The molecule has 0 radical (unpaired) electrons. The molecule has 0 saturated carbocycles. The summed E-state index contributed by atoms with van der Waals surface area (Å²) in [6.45, 7) is 5.68. The molecule has 0 heterocycles. The lowest BCUT2D eigenvalue weighted by atomic mass is 10.1. The van der Waals surface area contributed by atoms with Gasteiger partial charge in [0.15, 0.2) is 5.97 Å². The molecule has 1 rings (SSSR count). The Bertz CT molecular complexity index is 551. The van der Waals surface area contributed by atoms with Gasteiger partial charge in [-0.25, -0.2) is 4.79 Å². The number of carbonyl (C=O) groups excluding carboxylic acids is 1. The average molecular weight is 354 g/mol. The highest BCUT2D eigenvalue weighted by Crippen LogP contribution is 2.16. The van der Waals surface area contributed by atoms with Crippen LogP contribution in [0, 0.1) is 12.3 Å². The molecule has 0 aromatic heterocycles. The zero-order chi connectivity index (χ0) is 16.4. The third-order valence-corrected chi connectivity index (χ3v) is 2.82. The van der Waals surface area contributed by atoms with E-state index in [0.717, 1.165) is 23.1 Å². The Hall–Kier alpha value is -2.10. The van der Waals surface area contributed by atoms with Crippen LogP contribution in [0.25, 0.3) is 5.57 Å². The minimum absolute atomic E-state index is 0.729. The first-order valence-electron chi connectivity index (χ1n) is 5.90. The second-order valence-corrected chi connectivity index (χ2v) is 5.14. The molecule has 1 unspecified atom stereocenters. The van der Waals surface area contributed by atoms with Crippen LogP contribution in [0.1, 0.15) is 5.56 Å². The molecule has 0 saturated heterocycles. The topological polar surface area (TPSA) is 81.9 Å². The molecule has 0 bridgehead atoms. The number of carbonyl (C=O) groups is 2. The van der Waals surface area contributed by atoms with Crippen molar-refractivity contribution in [1.82, 2.24) is 0 Å². The number of carboxylic acid groups (broad SMARTS) is 2. The smallest absolute Gasteiger partial charge is 0.351 e. The number of hydrogen-bond donors (Lipinski definition) is 2. The van der Waals surface area contributed by atoms with Crippen molar-refractivity contribution in [2.24, 2.45) is 0 Å². The van der Waals surface area contributed by atoms with Gasteiger partial charge in [-0.3, -0.25) is 0 Å². The van der Waals surface area contributed by atoms with Gasteiger partial charge in [0.2, 0.25) is 0 Å². The summed E-state index contributed by atoms with van der Waals surface area (Å²) in [5.41, 5.74) is 2.28. The van der Waals surface area contributed by atoms with E-state index in [-0.39, 0.29) is 0 Å². The minimum Gasteiger partial charge on any atom is -0.539 e. The molecular weight excluding hydrogens is 338 g/mol. The Morgan fingerprint density at radius 1 is 1.52 bits per heavy atom. The summed E-state index contributed by atoms with van der Waals surface area (Å²) >= 11 is 3.45. The van der Waals surface area contributed by atoms with Gasteiger partial charge in [0.1, 0.15) is 13.1 Å². The summed E-state index contributed by atoms with van der Waals surface area (Å²) < 4.78 is 1.08. The fourth-order valence-electron chi connectivity index (χ4n) is 1.41. The van der Waals surface area contributed by atoms with Gasteiger partial charge < -0.3 is 19.9 Å². The second-order valence-electron chi connectivity index (χ2n) is 4.22. The van der Waals surface area contributed by atoms with Crippen LogP contribution in [0.2, 0.25) is 0 Å². The van der Waals surface area contributed by atoms with E-state index in [1.165, 1.54) is 10.5 Å². The summed E-state index contributed by atoms with van der Waals surface area (Å²) in [7, 11) is 2.07. The second kappa shape index (κ2) is 9.75. The third-order valence-electron chi connectivity index (χ3n) is 2.33. The van der Waals surface area contributed by atoms with Gasteiger partial charge in [0.25, 0.3) is 0 Å². The first-order chi connectivity index (χ1) is 9.77. The minimum atomic E-state index is -2.07. The normalized spacial score (nSPS) is 10.5. The van der Waals surface area contributed by atoms with Crippen molar-refractivity contribution in [3.8, 4) is 12.3 Å². The van der Waals surface area contributed by atoms with Crippen LogP contribution < -0.4 is 10.0 Å². The van der Waals surface area contributed by atoms with Crippen molar-refractivity contribution >= 4 is 33.4 Å². The molecule has 6 heteroatoms. The molecule has 0 spiro atoms. The molecule has 21 heavy (non-hydrogen) atoms. The number of nitrogens with one attached hydrogen (secondary N) is 1. The van der Waals surface area contributed by atoms with Crippen molar-refractivity contribution in [2.75, 3.05) is 20.1 Å². The van der Waals surface area contributed by atoms with Gasteiger partial charge in [-0.1, -0.05) is 34.6 Å². The Morgan fingerprint density at radius 2 is 2.10 bits per heavy atom. The zero-order valence-corrected chi connectivity index (χ0v) is 13.1. The van der Waals surface area contributed by atoms with Crippen LogP contribution in [0.3, 0.4) is 0 Å². The lowest BCUT2D eigenvalue weighted by Crippen LogP contribution is -3.08. The van der Waals surface area contributed by atoms with E-state index in [1.54, 1.807) is 0 Å². The summed E-state index contributed by atoms with van der Waals surface area (Å²) in [5, 5.41) is 16.3. The first kappa shape index (κ1) is 18.9. The predicted molar refractivity (Wildman–Crippen MR) is 81.3 cm³/mol. The van der Waals surface area contributed by atoms with Crippen molar-refractivity contribution in [1.29, 1.82) is 0 Å². The number of quaternary nitrogens is 1. The SMILES string of the molecule is C#CC[NH+](C)CC(=C)c1cccc(Br)c1.O=C([O-])C(=O)O. The number of rotatable bonds is 4. The van der Waals surface area contributed by atoms with Gasteiger partial charge in [0, 0.05) is 10.0 Å². The molecule has 1 aromatic carbocycles. The molecule has 0 aliphatic carbocycles. The quantitative estimate of drug-likeness (QED) is 0.561. The van der Waals surface area contributed by atoms with E-state index in [2.05, 4.69) is 47.6 Å². The van der Waals surface area contributed by atoms with Crippen molar-refractivity contribution < 1.29 is 24.7 Å². The highest BCUT2D eigenvalue weighted by Gasteiger charge is 2.05. The average Bonchev–Trinajstić information content (AvgIpc) is 2.39. The predicted octanol–water partition coefficient (Wildman–Crippen LogP) is -0.569. The van der Waals surface area contributed by atoms with Crippen molar-refractivity contribution in [2.45, 2.75) is 0 Å². The first-order valence-corrected chi connectivity index (χ1v) is 6.70. The molecular formula is C15H16BrNO4. The van der Waals surface area contributed by atoms with Crippen LogP contribution >= 0.6 is 15.9 Å². The maximum Gasteiger partial charge on any atom is 0.351 e. The van der Waals surface area contributed by atoms with Crippen LogP contribution in [-0.4, -0.2) is 37.2 Å². The van der Waals surface area contributed by atoms with Crippen LogP contribution in [0.4, 0.5) is 0 Å². The largest absolute Gasteiger partial charge is 0.539 e. The van der Waals surface area contributed by atoms with E-state index in [1.807, 2.05) is 12.1 Å². The van der Waals surface area contributed by atoms with Crippen LogP contribution in [0.15, 0.2) is 35.3 Å². The Balaban J connectivity index is 0.000000567. The number of likely N-dealkylation sites (N-methyl/N-ethyl adjacent to an activating group) is 1. The summed E-state index contributed by atoms with van der Waals surface area (Å²) in [5.74, 6) is -1.36. The number of hydrogen-bond acceptors (Lipinski definition) is 3. The molecule has 1 atom stereocenters. The van der Waals surface area contributed by atoms with Gasteiger partial charge >= 0.3 is 5.97 Å². The fourth-order valence-corrected chi connectivity index (χ4v) is 1.81. The van der Waals surface area contributed by atoms with Crippen molar-refractivity contribution in [3.05, 3.63) is 40.9 Å². The lowest BCUT2D eigenvalue weighted by molar-refractivity contribution is -0.863. The standard InChI is InChI=1S/C13H14BrN.C2H2O4/c1-4-8-15(3)10-11(2)12-6-5-7-13(14)9-12;3-1(4)2(5)6/h1,5-7,9H,2,8,10H2,3H3;(H,3,4)(H,5,6). The number of carboxylic acids is 2. The summed E-state index contributed by atoms with van der Waals surface area (Å²) in [6, 6.07) is 8.16. The van der Waals surface area contributed by atoms with E-state index in [0.29, 0.717) is 0 Å². The van der Waals surface area contributed by atoms with E-state index in [4.69, 9.17) is 26.2 Å². The lowest BCUT2D eigenvalue weighted by Gasteiger charge is -2.12. The Labute approximate surface area is 132 Å². The summed E-state index contributed by atoms with van der Waals surface area (Å²) in [6.07, 6.45) is 5.26. The van der Waals surface area contributed by atoms with Crippen LogP contribution in [-0.2, 0) is 9.59 Å². The van der Waals surface area contributed by atoms with E-state index < -0.39 is 11.9 Å². The fraction of sp³-hybridized carbons (Fsp3) is 0.200. The maximum absolute atomic E-state index is 9.04. The number of terminal acetylenes is 1. The molecule has 0 aliphatic rings. The highest BCUT2D eigenvalue weighted by atomic mass is 79.9. The highest BCUT2D eigenvalue weighted by molar-refractivity contribution is 9.10. The summed E-state index contributed by atoms with van der Waals surface area (Å²) in [4.78, 5) is 19.3. The Kier molecular flexibility index (Phi) is 8.77. The molecule has 0 fully saturated rings. The van der Waals surface area contributed by atoms with E-state index >= 15 is 0 Å². The Morgan fingerprint density at radius 3 is 2.52 bits per heavy atom. The molecule has 112 valence electrons. The maximum atomic E-state index is 9.04. The van der Waals surface area contributed by atoms with Gasteiger partial charge in [-0.05, 0) is 23.6 Å². The van der Waals surface area contributed by atoms with Gasteiger partial charge in [-0.2, -0.15) is 0 Å². The number of aliphatic carboxylic acids is 2. The number of halogens is 1. The molecule has 0 amide bonds. The third kappa shape index (κ3) is 8.63. The molecule has 2 N–H and O–H groups in total.